The van der Waals surface area contributed by atoms with Gasteiger partial charge in [0.2, 0.25) is 10.0 Å². The summed E-state index contributed by atoms with van der Waals surface area (Å²) in [6.07, 6.45) is 6.08. The first-order valence-electron chi connectivity index (χ1n) is 14.4. The fourth-order valence-corrected chi connectivity index (χ4v) is 10.1. The second-order valence-corrected chi connectivity index (χ2v) is 14.3. The van der Waals surface area contributed by atoms with Crippen LogP contribution in [0.1, 0.15) is 78.8 Å². The number of aromatic carboxylic acids is 1. The van der Waals surface area contributed by atoms with Gasteiger partial charge in [-0.25, -0.2) is 13.2 Å². The Balaban J connectivity index is 1.50. The molecule has 0 amide bonds. The molecular formula is C31H36N2O6S. The average molecular weight is 565 g/mol. The molecule has 212 valence electrons. The molecule has 7 rings (SSSR count). The number of morpholine rings is 1. The predicted molar refractivity (Wildman–Crippen MR) is 153 cm³/mol. The van der Waals surface area contributed by atoms with Gasteiger partial charge in [-0.15, -0.1) is 0 Å². The first-order chi connectivity index (χ1) is 19.2. The van der Waals surface area contributed by atoms with Crippen LogP contribution in [-0.4, -0.2) is 66.0 Å². The van der Waals surface area contributed by atoms with E-state index in [0.717, 1.165) is 53.4 Å². The summed E-state index contributed by atoms with van der Waals surface area (Å²) in [6, 6.07) is 11.5. The largest absolute Gasteiger partial charge is 0.497 e. The minimum Gasteiger partial charge on any atom is -0.497 e. The van der Waals surface area contributed by atoms with Crippen molar-refractivity contribution >= 4 is 26.9 Å². The molecule has 4 aliphatic rings. The van der Waals surface area contributed by atoms with Crippen LogP contribution in [0.15, 0.2) is 36.4 Å². The number of sulfonamides is 1. The third kappa shape index (κ3) is 3.77. The van der Waals surface area contributed by atoms with E-state index in [0.29, 0.717) is 44.3 Å². The van der Waals surface area contributed by atoms with Crippen molar-refractivity contribution < 1.29 is 27.8 Å². The monoisotopic (exact) mass is 564 g/mol. The van der Waals surface area contributed by atoms with Crippen LogP contribution in [-0.2, 0) is 21.3 Å². The number of hydrogen-bond donors (Lipinski definition) is 1. The second kappa shape index (κ2) is 9.33. The third-order valence-corrected chi connectivity index (χ3v) is 12.4. The molecule has 3 atom stereocenters. The number of rotatable bonds is 5. The van der Waals surface area contributed by atoms with Gasteiger partial charge in [0.15, 0.2) is 0 Å². The van der Waals surface area contributed by atoms with Gasteiger partial charge < -0.3 is 19.1 Å². The van der Waals surface area contributed by atoms with E-state index < -0.39 is 20.7 Å². The molecule has 2 aromatic carbocycles. The summed E-state index contributed by atoms with van der Waals surface area (Å²) in [5.41, 5.74) is 5.39. The van der Waals surface area contributed by atoms with Gasteiger partial charge in [-0.3, -0.25) is 0 Å². The van der Waals surface area contributed by atoms with E-state index in [1.54, 1.807) is 23.5 Å². The van der Waals surface area contributed by atoms with Gasteiger partial charge in [0.1, 0.15) is 10.5 Å². The maximum Gasteiger partial charge on any atom is 0.335 e. The summed E-state index contributed by atoms with van der Waals surface area (Å²) < 4.78 is 43.1. The van der Waals surface area contributed by atoms with Gasteiger partial charge in [0.05, 0.1) is 31.1 Å². The van der Waals surface area contributed by atoms with Gasteiger partial charge in [0, 0.05) is 42.0 Å². The summed E-state index contributed by atoms with van der Waals surface area (Å²) in [7, 11) is -2.07. The molecule has 2 aliphatic carbocycles. The summed E-state index contributed by atoms with van der Waals surface area (Å²) >= 11 is 0. The number of methoxy groups -OCH3 is 1. The lowest BCUT2D eigenvalue weighted by Gasteiger charge is -2.34. The quantitative estimate of drug-likeness (QED) is 0.449. The smallest absolute Gasteiger partial charge is 0.335 e. The number of carboxylic acids is 1. The first-order valence-corrected chi connectivity index (χ1v) is 15.9. The Labute approximate surface area is 234 Å². The predicted octanol–water partition coefficient (Wildman–Crippen LogP) is 5.35. The molecule has 0 bridgehead atoms. The summed E-state index contributed by atoms with van der Waals surface area (Å²) in [5, 5.41) is 10.9. The average Bonchev–Trinajstić information content (AvgIpc) is 3.64. The highest BCUT2D eigenvalue weighted by molar-refractivity contribution is 7.90. The van der Waals surface area contributed by atoms with Crippen LogP contribution in [0.3, 0.4) is 0 Å². The van der Waals surface area contributed by atoms with Crippen molar-refractivity contribution in [2.24, 2.45) is 0 Å². The summed E-state index contributed by atoms with van der Waals surface area (Å²) in [5.74, 6) is -0.0870. The van der Waals surface area contributed by atoms with E-state index >= 15 is 0 Å². The number of aromatic nitrogens is 1. The molecule has 3 heterocycles. The van der Waals surface area contributed by atoms with Crippen LogP contribution in [0.5, 0.6) is 5.75 Å². The number of benzene rings is 2. The topological polar surface area (TPSA) is 98.1 Å². The van der Waals surface area contributed by atoms with Crippen LogP contribution in [0.4, 0.5) is 0 Å². The minimum atomic E-state index is -3.71. The highest BCUT2D eigenvalue weighted by Crippen LogP contribution is 2.64. The molecule has 2 unspecified atom stereocenters. The molecule has 8 nitrogen and oxygen atoms in total. The molecule has 2 aliphatic heterocycles. The zero-order valence-corrected chi connectivity index (χ0v) is 23.9. The summed E-state index contributed by atoms with van der Waals surface area (Å²) in [4.78, 5) is 12.1. The number of nitrogens with zero attached hydrogens (tertiary/aromatic N) is 2. The van der Waals surface area contributed by atoms with Gasteiger partial charge >= 0.3 is 5.97 Å². The normalized spacial score (nSPS) is 26.9. The van der Waals surface area contributed by atoms with Gasteiger partial charge in [-0.05, 0) is 73.6 Å². The lowest BCUT2D eigenvalue weighted by molar-refractivity contribution is 0.00968. The fourth-order valence-electron chi connectivity index (χ4n) is 7.69. The molecule has 0 radical (unpaired) electrons. The third-order valence-electron chi connectivity index (χ3n) is 9.76. The zero-order valence-electron chi connectivity index (χ0n) is 23.1. The Morgan fingerprint density at radius 3 is 2.65 bits per heavy atom. The van der Waals surface area contributed by atoms with Crippen molar-refractivity contribution in [2.45, 2.75) is 74.7 Å². The Bertz CT molecular complexity index is 1620. The maximum absolute atomic E-state index is 14.5. The van der Waals surface area contributed by atoms with Crippen molar-refractivity contribution in [1.29, 1.82) is 0 Å². The highest BCUT2D eigenvalue weighted by Gasteiger charge is 2.67. The maximum atomic E-state index is 14.5. The number of ether oxygens (including phenoxy) is 2. The van der Waals surface area contributed by atoms with Crippen LogP contribution in [0, 0.1) is 0 Å². The van der Waals surface area contributed by atoms with Gasteiger partial charge in [-0.1, -0.05) is 25.3 Å². The molecule has 1 saturated heterocycles. The Kier molecular flexibility index (Phi) is 6.07. The van der Waals surface area contributed by atoms with Gasteiger partial charge in [0.25, 0.3) is 0 Å². The zero-order chi connectivity index (χ0) is 27.8. The van der Waals surface area contributed by atoms with Gasteiger partial charge in [-0.2, -0.15) is 4.31 Å². The molecule has 9 heteroatoms. The highest BCUT2D eigenvalue weighted by atomic mass is 32.2. The molecule has 0 spiro atoms. The van der Waals surface area contributed by atoms with Crippen LogP contribution < -0.4 is 4.74 Å². The molecule has 2 saturated carbocycles. The van der Waals surface area contributed by atoms with Crippen molar-refractivity contribution in [3.8, 4) is 17.0 Å². The van der Waals surface area contributed by atoms with E-state index in [9.17, 15) is 18.3 Å². The second-order valence-electron chi connectivity index (χ2n) is 12.0. The van der Waals surface area contributed by atoms with Crippen LogP contribution in [0.2, 0.25) is 0 Å². The Hall–Kier alpha value is -2.88. The Morgan fingerprint density at radius 1 is 1.12 bits per heavy atom. The van der Waals surface area contributed by atoms with Crippen molar-refractivity contribution in [3.05, 3.63) is 53.1 Å². The number of hydrogen-bond acceptors (Lipinski definition) is 5. The van der Waals surface area contributed by atoms with Crippen molar-refractivity contribution in [3.63, 3.8) is 0 Å². The van der Waals surface area contributed by atoms with Crippen LogP contribution >= 0.6 is 0 Å². The summed E-state index contributed by atoms with van der Waals surface area (Å²) in [6.45, 7) is 3.29. The molecular weight excluding hydrogens is 528 g/mol. The minimum absolute atomic E-state index is 0.158. The molecule has 3 fully saturated rings. The fraction of sp³-hybridized carbons (Fsp3) is 0.516. The molecule has 3 aromatic rings. The first kappa shape index (κ1) is 26.0. The SMILES string of the molecule is COc1ccc2c(c1)C1CC1(S(=O)(=O)N1CCO[C@@H](C)C1)Cn1c-2c(C2CCCCC2)c2ccc(C(=O)O)cc21. The molecule has 1 N–H and O–H groups in total. The van der Waals surface area contributed by atoms with E-state index in [1.807, 2.05) is 25.1 Å². The lowest BCUT2D eigenvalue weighted by atomic mass is 9.81. The standard InChI is InChI=1S/C31H36N2O6S/c1-19-17-32(12-13-39-19)40(36,37)31-16-26(31)25-15-22(38-2)9-11-23(25)29-28(20-6-4-3-5-7-20)24-10-8-21(30(34)35)14-27(24)33(29)18-31/h8-11,14-15,19-20,26H,3-7,12-13,16-18H2,1-2H3,(H,34,35)/t19-,26?,31?/m0/s1. The van der Waals surface area contributed by atoms with Crippen LogP contribution in [0.25, 0.3) is 22.2 Å². The van der Waals surface area contributed by atoms with Crippen molar-refractivity contribution in [1.82, 2.24) is 8.87 Å². The molecule has 1 aromatic heterocycles. The van der Waals surface area contributed by atoms with E-state index in [2.05, 4.69) is 10.6 Å². The number of fused-ring (bicyclic) bond motifs is 7. The lowest BCUT2D eigenvalue weighted by Crippen LogP contribution is -2.50. The Morgan fingerprint density at radius 2 is 1.93 bits per heavy atom. The number of carbonyl (C=O) groups is 1. The number of carboxylic acid groups (broad SMARTS) is 1. The van der Waals surface area contributed by atoms with E-state index in [-0.39, 0.29) is 17.6 Å². The van der Waals surface area contributed by atoms with E-state index in [4.69, 9.17) is 9.47 Å². The van der Waals surface area contributed by atoms with Crippen molar-refractivity contribution in [2.75, 3.05) is 26.8 Å². The van der Waals surface area contributed by atoms with E-state index in [1.165, 1.54) is 12.0 Å². The molecule has 40 heavy (non-hydrogen) atoms.